The number of urea groups is 1. The van der Waals surface area contributed by atoms with Gasteiger partial charge in [-0.1, -0.05) is 54.6 Å². The summed E-state index contributed by atoms with van der Waals surface area (Å²) in [5, 5.41) is 17.8. The number of rotatable bonds is 12. The maximum Gasteiger partial charge on any atom is 0.409 e. The topological polar surface area (TPSA) is 172 Å². The Morgan fingerprint density at radius 2 is 1.60 bits per heavy atom. The summed E-state index contributed by atoms with van der Waals surface area (Å²) in [5.41, 5.74) is 10.4. The maximum absolute atomic E-state index is 13.3. The molecule has 0 aromatic heterocycles. The normalized spacial score (nSPS) is 12.7. The van der Waals surface area contributed by atoms with Gasteiger partial charge in [0.05, 0.1) is 6.61 Å². The molecule has 6 N–H and O–H groups in total. The van der Waals surface area contributed by atoms with Crippen molar-refractivity contribution in [3.63, 3.8) is 0 Å². The van der Waals surface area contributed by atoms with Crippen LogP contribution in [0.5, 0.6) is 0 Å². The monoisotopic (exact) mass is 645 g/mol. The molecule has 0 heterocycles. The molecule has 1 aliphatic rings. The third-order valence-corrected chi connectivity index (χ3v) is 7.68. The molecule has 0 saturated carbocycles. The predicted octanol–water partition coefficient (Wildman–Crippen LogP) is 4.84. The molecule has 1 aliphatic carbocycles. The number of fused-ring (bicyclic) bond motifs is 3. The molecule has 3 aromatic rings. The average Bonchev–Trinajstić information content (AvgIpc) is 3.34. The van der Waals surface area contributed by atoms with Crippen molar-refractivity contribution < 1.29 is 33.8 Å². The molecule has 12 heteroatoms. The van der Waals surface area contributed by atoms with Crippen molar-refractivity contribution in [3.05, 3.63) is 89.0 Å². The molecular weight excluding hydrogens is 602 g/mol. The lowest BCUT2D eigenvalue weighted by atomic mass is 9.98. The second-order valence-electron chi connectivity index (χ2n) is 12.4. The van der Waals surface area contributed by atoms with E-state index < -0.39 is 35.8 Å². The minimum atomic E-state index is -0.982. The van der Waals surface area contributed by atoms with Crippen molar-refractivity contribution in [2.45, 2.75) is 64.3 Å². The van der Waals surface area contributed by atoms with Gasteiger partial charge in [-0.05, 0) is 79.1 Å². The standard InChI is InChI=1S/C35H43N5O7/c1-35(2,3)47-33(44)39-30(14-9-17-37-32(36)43)31(42)38-24-16-15-22(20-41)23(18-24)19-40(4)34(45)46-21-29-27-12-7-5-10-25(27)26-11-6-8-13-28(26)29/h5-8,10-13,15-16,18,29-30,41H,9,14,17,19-21H2,1-4H3,(H,38,42)(H,39,44)(H3,36,37,43)/t30-/m0/s1. The fourth-order valence-corrected chi connectivity index (χ4v) is 5.50. The Balaban J connectivity index is 1.41. The molecule has 0 saturated heterocycles. The number of anilines is 1. The Bertz CT molecular complexity index is 1560. The second-order valence-corrected chi connectivity index (χ2v) is 12.4. The van der Waals surface area contributed by atoms with Crippen LogP contribution in [0.3, 0.4) is 0 Å². The highest BCUT2D eigenvalue weighted by Gasteiger charge is 2.30. The number of carbonyl (C=O) groups is 4. The number of ether oxygens (including phenoxy) is 2. The Morgan fingerprint density at radius 3 is 2.19 bits per heavy atom. The summed E-state index contributed by atoms with van der Waals surface area (Å²) in [4.78, 5) is 51.3. The average molecular weight is 646 g/mol. The number of hydrogen-bond acceptors (Lipinski definition) is 7. The van der Waals surface area contributed by atoms with E-state index in [0.717, 1.165) is 22.3 Å². The molecule has 0 aliphatic heterocycles. The predicted molar refractivity (Wildman–Crippen MR) is 178 cm³/mol. The molecule has 0 fully saturated rings. The smallest absolute Gasteiger partial charge is 0.409 e. The van der Waals surface area contributed by atoms with Crippen LogP contribution < -0.4 is 21.7 Å². The summed E-state index contributed by atoms with van der Waals surface area (Å²) in [6.07, 6.45) is -0.744. The summed E-state index contributed by atoms with van der Waals surface area (Å²) in [6, 6.07) is 19.5. The summed E-state index contributed by atoms with van der Waals surface area (Å²) in [7, 11) is 1.60. The van der Waals surface area contributed by atoms with Gasteiger partial charge in [-0.2, -0.15) is 0 Å². The molecule has 5 amide bonds. The molecule has 1 atom stereocenters. The first kappa shape index (κ1) is 34.8. The Labute approximate surface area is 274 Å². The highest BCUT2D eigenvalue weighted by molar-refractivity contribution is 5.96. The van der Waals surface area contributed by atoms with Crippen molar-refractivity contribution >= 4 is 29.8 Å². The minimum Gasteiger partial charge on any atom is -0.448 e. The van der Waals surface area contributed by atoms with Crippen LogP contribution in [0.4, 0.5) is 20.1 Å². The van der Waals surface area contributed by atoms with Crippen LogP contribution in [0.1, 0.15) is 61.8 Å². The Morgan fingerprint density at radius 1 is 0.957 bits per heavy atom. The number of benzene rings is 3. The summed E-state index contributed by atoms with van der Waals surface area (Å²) in [6.45, 7) is 5.34. The highest BCUT2D eigenvalue weighted by Crippen LogP contribution is 2.44. The number of carbonyl (C=O) groups excluding carboxylic acids is 4. The number of aliphatic hydroxyl groups excluding tert-OH is 1. The van der Waals surface area contributed by atoms with Gasteiger partial charge in [0.25, 0.3) is 0 Å². The zero-order valence-corrected chi connectivity index (χ0v) is 27.2. The zero-order chi connectivity index (χ0) is 34.1. The van der Waals surface area contributed by atoms with Crippen LogP contribution in [-0.2, 0) is 27.4 Å². The Kier molecular flexibility index (Phi) is 11.4. The molecule has 4 rings (SSSR count). The van der Waals surface area contributed by atoms with Crippen LogP contribution >= 0.6 is 0 Å². The number of primary amides is 1. The van der Waals surface area contributed by atoms with E-state index in [9.17, 15) is 24.3 Å². The highest BCUT2D eigenvalue weighted by atomic mass is 16.6. The number of amides is 5. The fraction of sp³-hybridized carbons (Fsp3) is 0.371. The number of hydrogen-bond donors (Lipinski definition) is 5. The van der Waals surface area contributed by atoms with Gasteiger partial charge in [0, 0.05) is 31.7 Å². The van der Waals surface area contributed by atoms with Gasteiger partial charge >= 0.3 is 18.2 Å². The third-order valence-electron chi connectivity index (χ3n) is 7.68. The van der Waals surface area contributed by atoms with Gasteiger partial charge in [-0.25, -0.2) is 14.4 Å². The lowest BCUT2D eigenvalue weighted by molar-refractivity contribution is -0.118. The van der Waals surface area contributed by atoms with E-state index in [1.807, 2.05) is 24.3 Å². The van der Waals surface area contributed by atoms with Gasteiger partial charge in [0.2, 0.25) is 5.91 Å². The molecule has 12 nitrogen and oxygen atoms in total. The molecule has 47 heavy (non-hydrogen) atoms. The lowest BCUT2D eigenvalue weighted by Gasteiger charge is -2.24. The van der Waals surface area contributed by atoms with Crippen LogP contribution in [0.2, 0.25) is 0 Å². The SMILES string of the molecule is CN(Cc1cc(NC(=O)[C@H](CCCNC(N)=O)NC(=O)OC(C)(C)C)ccc1CO)C(=O)OCC1c2ccccc2-c2ccccc21. The number of alkyl carbamates (subject to hydrolysis) is 1. The van der Waals surface area contributed by atoms with Crippen molar-refractivity contribution in [2.75, 3.05) is 25.5 Å². The zero-order valence-electron chi connectivity index (χ0n) is 27.2. The number of nitrogens with one attached hydrogen (secondary N) is 3. The number of nitrogens with two attached hydrogens (primary N) is 1. The van der Waals surface area contributed by atoms with E-state index in [1.54, 1.807) is 46.0 Å². The fourth-order valence-electron chi connectivity index (χ4n) is 5.50. The number of nitrogens with zero attached hydrogens (tertiary/aromatic N) is 1. The molecule has 0 radical (unpaired) electrons. The van der Waals surface area contributed by atoms with Crippen LogP contribution in [-0.4, -0.2) is 66.0 Å². The maximum atomic E-state index is 13.3. The van der Waals surface area contributed by atoms with E-state index in [0.29, 0.717) is 23.2 Å². The second kappa shape index (κ2) is 15.5. The van der Waals surface area contributed by atoms with Crippen LogP contribution in [0.25, 0.3) is 11.1 Å². The molecule has 0 spiro atoms. The third kappa shape index (κ3) is 9.46. The molecule has 0 bridgehead atoms. The first-order valence-corrected chi connectivity index (χ1v) is 15.5. The first-order chi connectivity index (χ1) is 22.4. The summed E-state index contributed by atoms with van der Waals surface area (Å²) in [5.74, 6) is -0.595. The Hall–Kier alpha value is -5.10. The summed E-state index contributed by atoms with van der Waals surface area (Å²) < 4.78 is 11.1. The molecule has 250 valence electrons. The van der Waals surface area contributed by atoms with Crippen molar-refractivity contribution in [2.24, 2.45) is 5.73 Å². The van der Waals surface area contributed by atoms with E-state index in [2.05, 4.69) is 40.2 Å². The van der Waals surface area contributed by atoms with Gasteiger partial charge in [0.15, 0.2) is 0 Å². The van der Waals surface area contributed by atoms with Gasteiger partial charge < -0.3 is 41.2 Å². The molecular formula is C35H43N5O7. The van der Waals surface area contributed by atoms with Crippen LogP contribution in [0, 0.1) is 0 Å². The molecule has 3 aromatic carbocycles. The van der Waals surface area contributed by atoms with Gasteiger partial charge in [0.1, 0.15) is 18.2 Å². The first-order valence-electron chi connectivity index (χ1n) is 15.5. The van der Waals surface area contributed by atoms with E-state index in [-0.39, 0.29) is 38.6 Å². The van der Waals surface area contributed by atoms with E-state index in [4.69, 9.17) is 15.2 Å². The van der Waals surface area contributed by atoms with Gasteiger partial charge in [-0.3, -0.25) is 4.79 Å². The quantitative estimate of drug-likeness (QED) is 0.175. The van der Waals surface area contributed by atoms with Crippen molar-refractivity contribution in [3.8, 4) is 11.1 Å². The van der Waals surface area contributed by atoms with E-state index in [1.165, 1.54) is 4.90 Å². The van der Waals surface area contributed by atoms with Crippen molar-refractivity contribution in [1.29, 1.82) is 0 Å². The van der Waals surface area contributed by atoms with Crippen LogP contribution in [0.15, 0.2) is 66.7 Å². The lowest BCUT2D eigenvalue weighted by Crippen LogP contribution is -2.46. The van der Waals surface area contributed by atoms with E-state index >= 15 is 0 Å². The van der Waals surface area contributed by atoms with Gasteiger partial charge in [-0.15, -0.1) is 0 Å². The largest absolute Gasteiger partial charge is 0.448 e. The number of aliphatic hydroxyl groups is 1. The molecule has 0 unspecified atom stereocenters. The summed E-state index contributed by atoms with van der Waals surface area (Å²) >= 11 is 0. The minimum absolute atomic E-state index is 0.0832. The van der Waals surface area contributed by atoms with Crippen molar-refractivity contribution in [1.82, 2.24) is 15.5 Å².